The Kier molecular flexibility index (Phi) is 8.36. The number of nitrogens with one attached hydrogen (secondary N) is 1. The summed E-state index contributed by atoms with van der Waals surface area (Å²) in [5.74, 6) is 1.30. The second kappa shape index (κ2) is 13.1. The number of aromatic nitrogens is 4. The number of rotatable bonds is 10. The fourth-order valence-electron chi connectivity index (χ4n) is 6.96. The van der Waals surface area contributed by atoms with Gasteiger partial charge < -0.3 is 34.1 Å². The fraction of sp³-hybridized carbons (Fsp3) is 0.351. The number of methoxy groups -OCH3 is 2. The van der Waals surface area contributed by atoms with Gasteiger partial charge in [-0.3, -0.25) is 9.78 Å². The number of ether oxygens (including phenoxy) is 4. The number of amides is 1. The van der Waals surface area contributed by atoms with Gasteiger partial charge in [0.15, 0.2) is 23.4 Å². The molecule has 1 N–H and O–H groups in total. The van der Waals surface area contributed by atoms with Crippen molar-refractivity contribution in [3.05, 3.63) is 95.4 Å². The molecule has 2 fully saturated rings. The summed E-state index contributed by atoms with van der Waals surface area (Å²) in [6, 6.07) is 20.3. The van der Waals surface area contributed by atoms with E-state index in [9.17, 15) is 4.79 Å². The maximum Gasteiger partial charge on any atom is 0.271 e. The van der Waals surface area contributed by atoms with Gasteiger partial charge in [-0.25, -0.2) is 9.50 Å². The molecule has 0 bridgehead atoms. The minimum absolute atomic E-state index is 0.0153. The first kappa shape index (κ1) is 31.2. The summed E-state index contributed by atoms with van der Waals surface area (Å²) in [4.78, 5) is 27.4. The molecule has 1 aliphatic carbocycles. The van der Waals surface area contributed by atoms with E-state index in [0.29, 0.717) is 31.1 Å². The molecule has 5 aromatic rings. The van der Waals surface area contributed by atoms with Crippen LogP contribution in [-0.2, 0) is 27.2 Å². The lowest BCUT2D eigenvalue weighted by Crippen LogP contribution is -2.51. The number of anilines is 3. The summed E-state index contributed by atoms with van der Waals surface area (Å²) in [5.41, 5.74) is 8.08. The summed E-state index contributed by atoms with van der Waals surface area (Å²) in [6.45, 7) is 2.50. The standard InChI is InChI=1S/C37H39N7O5/c1-42(22-23-7-9-25(46-2)10-8-23)31-20-34(41-44-32(21-39-35(31)44)36(45)40-28-11-12-33(28)47-3)43-16-14-27-26(5-4-6-30(27)43)29-19-24(13-15-38-29)37-48-17-18-49-37/h4-10,13,15,19-21,28,33,37H,11-12,14,16-18,22H2,1-3H3,(H,40,45)/t28-,33-/m0/s1. The number of carbonyl (C=O) groups excluding carboxylic acids is 1. The highest BCUT2D eigenvalue weighted by Gasteiger charge is 2.34. The molecule has 5 heterocycles. The first-order valence-corrected chi connectivity index (χ1v) is 16.7. The Morgan fingerprint density at radius 1 is 1.04 bits per heavy atom. The van der Waals surface area contributed by atoms with E-state index in [1.54, 1.807) is 24.9 Å². The van der Waals surface area contributed by atoms with Crippen LogP contribution in [0.3, 0.4) is 0 Å². The normalized spacial score (nSPS) is 18.8. The summed E-state index contributed by atoms with van der Waals surface area (Å²) in [5, 5.41) is 8.20. The lowest BCUT2D eigenvalue weighted by molar-refractivity contribution is -0.0441. The molecule has 0 unspecified atom stereocenters. The highest BCUT2D eigenvalue weighted by atomic mass is 16.7. The summed E-state index contributed by atoms with van der Waals surface area (Å²) in [7, 11) is 5.37. The van der Waals surface area contributed by atoms with E-state index in [-0.39, 0.29) is 24.3 Å². The molecule has 2 aromatic carbocycles. The second-order valence-corrected chi connectivity index (χ2v) is 12.7. The van der Waals surface area contributed by atoms with Crippen molar-refractivity contribution in [2.24, 2.45) is 0 Å². The predicted octanol–water partition coefficient (Wildman–Crippen LogP) is 5.08. The average molecular weight is 662 g/mol. The van der Waals surface area contributed by atoms with Crippen LogP contribution in [-0.4, -0.2) is 78.7 Å². The quantitative estimate of drug-likeness (QED) is 0.217. The lowest BCUT2D eigenvalue weighted by Gasteiger charge is -2.35. The maximum atomic E-state index is 13.6. The van der Waals surface area contributed by atoms with Crippen LogP contribution >= 0.6 is 0 Å². The van der Waals surface area contributed by atoms with Gasteiger partial charge in [-0.2, -0.15) is 0 Å². The molecule has 3 aromatic heterocycles. The topological polar surface area (TPSA) is 116 Å². The zero-order valence-electron chi connectivity index (χ0n) is 27.8. The van der Waals surface area contributed by atoms with Crippen LogP contribution in [0.1, 0.15) is 46.3 Å². The molecule has 0 radical (unpaired) electrons. The minimum Gasteiger partial charge on any atom is -0.497 e. The Morgan fingerprint density at radius 3 is 2.63 bits per heavy atom. The first-order valence-electron chi connectivity index (χ1n) is 16.7. The molecule has 1 saturated carbocycles. The van der Waals surface area contributed by atoms with Crippen LogP contribution < -0.4 is 19.9 Å². The molecule has 1 amide bonds. The van der Waals surface area contributed by atoms with Gasteiger partial charge in [-0.1, -0.05) is 24.3 Å². The van der Waals surface area contributed by atoms with Crippen molar-refractivity contribution in [2.75, 3.05) is 50.8 Å². The van der Waals surface area contributed by atoms with E-state index in [4.69, 9.17) is 34.0 Å². The van der Waals surface area contributed by atoms with Crippen molar-refractivity contribution in [3.8, 4) is 17.0 Å². The van der Waals surface area contributed by atoms with Gasteiger partial charge in [0.1, 0.15) is 5.75 Å². The summed E-state index contributed by atoms with van der Waals surface area (Å²) >= 11 is 0. The van der Waals surface area contributed by atoms with Crippen molar-refractivity contribution in [1.82, 2.24) is 24.9 Å². The van der Waals surface area contributed by atoms with Gasteiger partial charge in [0.2, 0.25) is 0 Å². The largest absolute Gasteiger partial charge is 0.497 e. The lowest BCUT2D eigenvalue weighted by atomic mass is 9.89. The summed E-state index contributed by atoms with van der Waals surface area (Å²) < 4.78 is 24.1. The van der Waals surface area contributed by atoms with E-state index in [2.05, 4.69) is 57.6 Å². The van der Waals surface area contributed by atoms with Gasteiger partial charge in [-0.05, 0) is 60.7 Å². The van der Waals surface area contributed by atoms with Gasteiger partial charge in [0.25, 0.3) is 5.91 Å². The number of benzene rings is 2. The molecule has 49 heavy (non-hydrogen) atoms. The van der Waals surface area contributed by atoms with Crippen LogP contribution in [0.15, 0.2) is 73.1 Å². The molecule has 3 aliphatic rings. The molecule has 252 valence electrons. The van der Waals surface area contributed by atoms with Crippen molar-refractivity contribution in [1.29, 1.82) is 0 Å². The third kappa shape index (κ3) is 5.85. The Morgan fingerprint density at radius 2 is 1.88 bits per heavy atom. The Hall–Kier alpha value is -5.04. The van der Waals surface area contributed by atoms with Gasteiger partial charge in [-0.15, -0.1) is 5.10 Å². The predicted molar refractivity (Wildman–Crippen MR) is 184 cm³/mol. The second-order valence-electron chi connectivity index (χ2n) is 12.7. The highest BCUT2D eigenvalue weighted by Crippen LogP contribution is 2.41. The number of imidazole rings is 1. The van der Waals surface area contributed by atoms with Crippen LogP contribution in [0.2, 0.25) is 0 Å². The molecule has 12 nitrogen and oxygen atoms in total. The number of carbonyl (C=O) groups is 1. The zero-order valence-corrected chi connectivity index (χ0v) is 27.8. The SMILES string of the molecule is COc1ccc(CN(C)c2cc(N3CCc4c(-c5cc(C6OCCO6)ccn5)cccc43)nn3c(C(=O)N[C@H]4CC[C@@H]4OC)cnc23)cc1. The summed E-state index contributed by atoms with van der Waals surface area (Å²) in [6.07, 6.45) is 5.68. The van der Waals surface area contributed by atoms with Gasteiger partial charge >= 0.3 is 0 Å². The van der Waals surface area contributed by atoms with E-state index in [1.807, 2.05) is 31.4 Å². The third-order valence-corrected chi connectivity index (χ3v) is 9.75. The Bertz CT molecular complexity index is 1990. The van der Waals surface area contributed by atoms with Crippen LogP contribution in [0.5, 0.6) is 5.75 Å². The minimum atomic E-state index is -0.370. The molecule has 0 spiro atoms. The molecule has 8 rings (SSSR count). The Balaban J connectivity index is 1.17. The zero-order chi connectivity index (χ0) is 33.5. The molecule has 1 saturated heterocycles. The van der Waals surface area contributed by atoms with Crippen molar-refractivity contribution >= 4 is 28.7 Å². The number of pyridine rings is 1. The number of hydrogen-bond donors (Lipinski definition) is 1. The van der Waals surface area contributed by atoms with Crippen molar-refractivity contribution in [3.63, 3.8) is 0 Å². The van der Waals surface area contributed by atoms with Crippen LogP contribution in [0.4, 0.5) is 17.2 Å². The highest BCUT2D eigenvalue weighted by molar-refractivity contribution is 5.94. The van der Waals surface area contributed by atoms with Crippen molar-refractivity contribution in [2.45, 2.75) is 44.2 Å². The fourth-order valence-corrected chi connectivity index (χ4v) is 6.96. The number of hydrogen-bond acceptors (Lipinski definition) is 10. The Labute approximate surface area is 284 Å². The smallest absolute Gasteiger partial charge is 0.271 e. The first-order chi connectivity index (χ1) is 24.0. The van der Waals surface area contributed by atoms with E-state index in [1.165, 1.54) is 5.56 Å². The molecular weight excluding hydrogens is 622 g/mol. The molecule has 2 atom stereocenters. The van der Waals surface area contributed by atoms with E-state index in [0.717, 1.165) is 71.1 Å². The van der Waals surface area contributed by atoms with Gasteiger partial charge in [0, 0.05) is 56.3 Å². The molecule has 2 aliphatic heterocycles. The average Bonchev–Trinajstić information content (AvgIpc) is 3.91. The molecule has 12 heteroatoms. The monoisotopic (exact) mass is 661 g/mol. The number of fused-ring (bicyclic) bond motifs is 2. The number of nitrogens with zero attached hydrogens (tertiary/aromatic N) is 6. The molecular formula is C37H39N7O5. The van der Waals surface area contributed by atoms with Gasteiger partial charge in [0.05, 0.1) is 50.0 Å². The third-order valence-electron chi connectivity index (χ3n) is 9.75. The van der Waals surface area contributed by atoms with E-state index >= 15 is 0 Å². The van der Waals surface area contributed by atoms with Crippen molar-refractivity contribution < 1.29 is 23.7 Å². The van der Waals surface area contributed by atoms with Crippen LogP contribution in [0.25, 0.3) is 16.9 Å². The van der Waals surface area contributed by atoms with E-state index < -0.39 is 0 Å². The maximum absolute atomic E-state index is 13.6. The van der Waals surface area contributed by atoms with Crippen LogP contribution in [0, 0.1) is 0 Å².